The lowest BCUT2D eigenvalue weighted by Crippen LogP contribution is -2.40. The summed E-state index contributed by atoms with van der Waals surface area (Å²) in [6.07, 6.45) is 3.59. The number of aryl methyl sites for hydroxylation is 1. The minimum atomic E-state index is -0.918. The first kappa shape index (κ1) is 14.1. The fourth-order valence-electron chi connectivity index (χ4n) is 3.19. The third kappa shape index (κ3) is 2.93. The topological polar surface area (TPSA) is 60.9 Å². The number of amides is 1. The van der Waals surface area contributed by atoms with Crippen molar-refractivity contribution >= 4 is 17.6 Å². The quantitative estimate of drug-likeness (QED) is 0.917. The summed E-state index contributed by atoms with van der Waals surface area (Å²) in [5.41, 5.74) is 2.15. The van der Waals surface area contributed by atoms with Crippen LogP contribution < -0.4 is 4.90 Å². The Hall–Kier alpha value is -1.88. The lowest BCUT2D eigenvalue weighted by molar-refractivity contribution is -0.118. The zero-order chi connectivity index (χ0) is 14.8. The van der Waals surface area contributed by atoms with E-state index in [1.54, 1.807) is 18.2 Å². The molecule has 21 heavy (non-hydrogen) atoms. The molecule has 0 saturated carbocycles. The normalized spacial score (nSPS) is 18.9. The van der Waals surface area contributed by atoms with Crippen LogP contribution in [0.3, 0.4) is 0 Å². The molecule has 0 radical (unpaired) electrons. The number of carboxylic acid groups (broad SMARTS) is 1. The smallest absolute Gasteiger partial charge is 0.335 e. The predicted octanol–water partition coefficient (Wildman–Crippen LogP) is 1.76. The van der Waals surface area contributed by atoms with Gasteiger partial charge in [-0.1, -0.05) is 0 Å². The number of hydrogen-bond donors (Lipinski definition) is 1. The molecule has 3 rings (SSSR count). The highest BCUT2D eigenvalue weighted by molar-refractivity contribution is 5.97. The van der Waals surface area contributed by atoms with Gasteiger partial charge in [-0.2, -0.15) is 0 Å². The highest BCUT2D eigenvalue weighted by Crippen LogP contribution is 2.28. The third-order valence-electron chi connectivity index (χ3n) is 4.37. The Labute approximate surface area is 124 Å². The summed E-state index contributed by atoms with van der Waals surface area (Å²) >= 11 is 0. The highest BCUT2D eigenvalue weighted by Gasteiger charge is 2.25. The Balaban J connectivity index is 1.77. The molecular formula is C16H20N2O3. The Morgan fingerprint density at radius 2 is 1.90 bits per heavy atom. The molecule has 1 fully saturated rings. The number of carbonyl (C=O) groups is 2. The van der Waals surface area contributed by atoms with E-state index in [1.165, 1.54) is 12.8 Å². The fraction of sp³-hybridized carbons (Fsp3) is 0.500. The molecular weight excluding hydrogens is 268 g/mol. The average Bonchev–Trinajstić information content (AvgIpc) is 2.99. The molecule has 5 heteroatoms. The van der Waals surface area contributed by atoms with Crippen molar-refractivity contribution in [3.8, 4) is 0 Å². The van der Waals surface area contributed by atoms with Crippen molar-refractivity contribution in [2.24, 2.45) is 0 Å². The number of carbonyl (C=O) groups excluding carboxylic acids is 1. The van der Waals surface area contributed by atoms with Gasteiger partial charge in [0, 0.05) is 25.2 Å². The zero-order valence-corrected chi connectivity index (χ0v) is 12.0. The van der Waals surface area contributed by atoms with Crippen LogP contribution in [0.5, 0.6) is 0 Å². The van der Waals surface area contributed by atoms with Crippen LogP contribution >= 0.6 is 0 Å². The number of nitrogens with zero attached hydrogens (tertiary/aromatic N) is 2. The molecule has 0 aliphatic carbocycles. The second-order valence-electron chi connectivity index (χ2n) is 5.74. The van der Waals surface area contributed by atoms with Gasteiger partial charge >= 0.3 is 5.97 Å². The molecule has 1 aromatic rings. The molecule has 0 unspecified atom stereocenters. The van der Waals surface area contributed by atoms with E-state index < -0.39 is 5.97 Å². The summed E-state index contributed by atoms with van der Waals surface area (Å²) in [6.45, 7) is 3.82. The van der Waals surface area contributed by atoms with Crippen molar-refractivity contribution in [1.82, 2.24) is 4.90 Å². The third-order valence-corrected chi connectivity index (χ3v) is 4.37. The predicted molar refractivity (Wildman–Crippen MR) is 79.7 cm³/mol. The maximum Gasteiger partial charge on any atom is 0.335 e. The molecule has 1 amide bonds. The molecule has 2 aliphatic rings. The van der Waals surface area contributed by atoms with Gasteiger partial charge in [-0.3, -0.25) is 4.79 Å². The number of fused-ring (bicyclic) bond motifs is 1. The molecule has 112 valence electrons. The first-order valence-corrected chi connectivity index (χ1v) is 7.54. The van der Waals surface area contributed by atoms with Gasteiger partial charge in [0.15, 0.2) is 0 Å². The van der Waals surface area contributed by atoms with E-state index in [9.17, 15) is 9.59 Å². The van der Waals surface area contributed by atoms with Crippen molar-refractivity contribution in [3.05, 3.63) is 29.3 Å². The lowest BCUT2D eigenvalue weighted by Gasteiger charge is -2.31. The average molecular weight is 288 g/mol. The van der Waals surface area contributed by atoms with E-state index in [-0.39, 0.29) is 5.91 Å². The highest BCUT2D eigenvalue weighted by atomic mass is 16.4. The molecule has 0 bridgehead atoms. The second-order valence-corrected chi connectivity index (χ2v) is 5.74. The van der Waals surface area contributed by atoms with Gasteiger partial charge in [0.1, 0.15) is 0 Å². The molecule has 2 aliphatic heterocycles. The maximum absolute atomic E-state index is 12.2. The van der Waals surface area contributed by atoms with Crippen LogP contribution in [0, 0.1) is 0 Å². The first-order chi connectivity index (χ1) is 10.1. The van der Waals surface area contributed by atoms with E-state index in [2.05, 4.69) is 4.90 Å². The molecule has 2 heterocycles. The van der Waals surface area contributed by atoms with Crippen LogP contribution in [0.4, 0.5) is 5.69 Å². The van der Waals surface area contributed by atoms with Gasteiger partial charge in [0.05, 0.1) is 5.56 Å². The van der Waals surface area contributed by atoms with Gasteiger partial charge in [0.25, 0.3) is 0 Å². The van der Waals surface area contributed by atoms with Crippen LogP contribution in [-0.2, 0) is 11.2 Å². The summed E-state index contributed by atoms with van der Waals surface area (Å²) in [4.78, 5) is 27.4. The Bertz CT molecular complexity index is 565. The Morgan fingerprint density at radius 1 is 1.14 bits per heavy atom. The lowest BCUT2D eigenvalue weighted by atomic mass is 9.98. The number of benzene rings is 1. The number of carboxylic acids is 1. The number of likely N-dealkylation sites (tertiary alicyclic amines) is 1. The van der Waals surface area contributed by atoms with Gasteiger partial charge in [-0.15, -0.1) is 0 Å². The van der Waals surface area contributed by atoms with Crippen molar-refractivity contribution in [2.75, 3.05) is 31.1 Å². The van der Waals surface area contributed by atoms with Crippen molar-refractivity contribution < 1.29 is 14.7 Å². The molecule has 0 spiro atoms. The minimum absolute atomic E-state index is 0.143. The van der Waals surface area contributed by atoms with Crippen molar-refractivity contribution in [1.29, 1.82) is 0 Å². The zero-order valence-electron chi connectivity index (χ0n) is 12.0. The van der Waals surface area contributed by atoms with Gasteiger partial charge in [0.2, 0.25) is 5.91 Å². The molecule has 1 saturated heterocycles. The molecule has 1 N–H and O–H groups in total. The Morgan fingerprint density at radius 3 is 2.62 bits per heavy atom. The minimum Gasteiger partial charge on any atom is -0.478 e. The van der Waals surface area contributed by atoms with Gasteiger partial charge < -0.3 is 14.9 Å². The number of aromatic carboxylic acids is 1. The summed E-state index contributed by atoms with van der Waals surface area (Å²) in [6, 6.07) is 5.06. The fourth-order valence-corrected chi connectivity index (χ4v) is 3.19. The molecule has 5 nitrogen and oxygen atoms in total. The summed E-state index contributed by atoms with van der Waals surface area (Å²) < 4.78 is 0. The van der Waals surface area contributed by atoms with E-state index in [1.807, 2.05) is 4.90 Å². The Kier molecular flexibility index (Phi) is 3.92. The standard InChI is InChI=1S/C16H20N2O3/c19-15-6-4-12-11-13(16(20)21)3-5-14(12)18(15)10-9-17-7-1-2-8-17/h3,5,11H,1-2,4,6-10H2,(H,20,21). The van der Waals surface area contributed by atoms with Crippen LogP contribution in [0.2, 0.25) is 0 Å². The largest absolute Gasteiger partial charge is 0.478 e. The SMILES string of the molecule is O=C(O)c1ccc2c(c1)CCC(=O)N2CCN1CCCC1. The number of hydrogen-bond acceptors (Lipinski definition) is 3. The van der Waals surface area contributed by atoms with E-state index in [4.69, 9.17) is 5.11 Å². The van der Waals surface area contributed by atoms with Gasteiger partial charge in [-0.25, -0.2) is 4.79 Å². The molecule has 1 aromatic carbocycles. The summed E-state index contributed by atoms with van der Waals surface area (Å²) in [7, 11) is 0. The second kappa shape index (κ2) is 5.85. The van der Waals surface area contributed by atoms with Crippen molar-refractivity contribution in [3.63, 3.8) is 0 Å². The van der Waals surface area contributed by atoms with Gasteiger partial charge in [-0.05, 0) is 56.1 Å². The van der Waals surface area contributed by atoms with E-state index >= 15 is 0 Å². The number of rotatable bonds is 4. The van der Waals surface area contributed by atoms with E-state index in [0.717, 1.165) is 30.9 Å². The van der Waals surface area contributed by atoms with Crippen molar-refractivity contribution in [2.45, 2.75) is 25.7 Å². The summed E-state index contributed by atoms with van der Waals surface area (Å²) in [5, 5.41) is 9.06. The molecule has 0 aromatic heterocycles. The van der Waals surface area contributed by atoms with Crippen LogP contribution in [0.25, 0.3) is 0 Å². The maximum atomic E-state index is 12.2. The van der Waals surface area contributed by atoms with E-state index in [0.29, 0.717) is 24.9 Å². The number of anilines is 1. The monoisotopic (exact) mass is 288 g/mol. The van der Waals surface area contributed by atoms with Crippen LogP contribution in [0.15, 0.2) is 18.2 Å². The summed E-state index contributed by atoms with van der Waals surface area (Å²) in [5.74, 6) is -0.775. The van der Waals surface area contributed by atoms with Crippen LogP contribution in [0.1, 0.15) is 35.2 Å². The first-order valence-electron chi connectivity index (χ1n) is 7.54. The molecule has 0 atom stereocenters. The van der Waals surface area contributed by atoms with Crippen LogP contribution in [-0.4, -0.2) is 48.1 Å².